The van der Waals surface area contributed by atoms with E-state index in [-0.39, 0.29) is 11.7 Å². The van der Waals surface area contributed by atoms with Crippen molar-refractivity contribution in [2.24, 2.45) is 0 Å². The molecule has 0 fully saturated rings. The van der Waals surface area contributed by atoms with Crippen LogP contribution in [0.15, 0.2) is 95.4 Å². The Morgan fingerprint density at radius 2 is 1.48 bits per heavy atom. The summed E-state index contributed by atoms with van der Waals surface area (Å²) in [4.78, 5) is 27.8. The van der Waals surface area contributed by atoms with Crippen LogP contribution in [-0.4, -0.2) is 29.8 Å². The molecule has 1 heterocycles. The average molecular weight is 412 g/mol. The third kappa shape index (κ3) is 5.01. The maximum absolute atomic E-state index is 13.3. The van der Waals surface area contributed by atoms with Crippen molar-refractivity contribution in [2.75, 3.05) is 7.05 Å². The Morgan fingerprint density at radius 1 is 0.871 bits per heavy atom. The molecular weight excluding hydrogens is 388 g/mol. The number of nitrogens with one attached hydrogen (secondary N) is 1. The van der Waals surface area contributed by atoms with Crippen LogP contribution in [0, 0.1) is 0 Å². The minimum absolute atomic E-state index is 0.155. The molecule has 5 nitrogen and oxygen atoms in total. The number of nitrogens with zero attached hydrogens (tertiary/aromatic N) is 1. The fraction of sp³-hybridized carbons (Fsp3) is 0.154. The second kappa shape index (κ2) is 9.30. The van der Waals surface area contributed by atoms with Gasteiger partial charge in [-0.05, 0) is 23.3 Å². The Bertz CT molecular complexity index is 1140. The Hall–Kier alpha value is -3.86. The number of carbonyl (C=O) groups is 2. The SMILES string of the molecule is CN(Cc1ccccc1)C(=O)[C@H](Cc1ccccc1)NC(=O)c1cc2ccccc2o1. The number of rotatable bonds is 7. The van der Waals surface area contributed by atoms with Gasteiger partial charge in [-0.3, -0.25) is 9.59 Å². The molecule has 0 spiro atoms. The first-order valence-electron chi connectivity index (χ1n) is 10.2. The molecule has 1 atom stereocenters. The van der Waals surface area contributed by atoms with Crippen LogP contribution in [0.4, 0.5) is 0 Å². The number of amides is 2. The molecule has 0 bridgehead atoms. The van der Waals surface area contributed by atoms with E-state index in [2.05, 4.69) is 5.32 Å². The molecule has 5 heteroatoms. The second-order valence-corrected chi connectivity index (χ2v) is 7.54. The lowest BCUT2D eigenvalue weighted by molar-refractivity contribution is -0.132. The summed E-state index contributed by atoms with van der Waals surface area (Å²) in [5.41, 5.74) is 2.64. The highest BCUT2D eigenvalue weighted by molar-refractivity contribution is 5.98. The van der Waals surface area contributed by atoms with E-state index in [0.717, 1.165) is 16.5 Å². The second-order valence-electron chi connectivity index (χ2n) is 7.54. The first-order chi connectivity index (χ1) is 15.1. The summed E-state index contributed by atoms with van der Waals surface area (Å²) in [6.45, 7) is 0.464. The number of hydrogen-bond donors (Lipinski definition) is 1. The summed E-state index contributed by atoms with van der Waals surface area (Å²) in [7, 11) is 1.75. The molecule has 0 unspecified atom stereocenters. The van der Waals surface area contributed by atoms with Gasteiger partial charge >= 0.3 is 0 Å². The van der Waals surface area contributed by atoms with E-state index in [9.17, 15) is 9.59 Å². The van der Waals surface area contributed by atoms with Crippen molar-refractivity contribution in [2.45, 2.75) is 19.0 Å². The van der Waals surface area contributed by atoms with E-state index >= 15 is 0 Å². The van der Waals surface area contributed by atoms with Crippen LogP contribution >= 0.6 is 0 Å². The van der Waals surface area contributed by atoms with Gasteiger partial charge in [0.05, 0.1) is 0 Å². The Balaban J connectivity index is 1.54. The zero-order chi connectivity index (χ0) is 21.6. The summed E-state index contributed by atoms with van der Waals surface area (Å²) < 4.78 is 5.68. The maximum Gasteiger partial charge on any atom is 0.287 e. The number of benzene rings is 3. The van der Waals surface area contributed by atoms with E-state index in [1.807, 2.05) is 84.9 Å². The van der Waals surface area contributed by atoms with Gasteiger partial charge in [-0.1, -0.05) is 78.9 Å². The van der Waals surface area contributed by atoms with Gasteiger partial charge in [-0.25, -0.2) is 0 Å². The molecule has 0 aliphatic carbocycles. The van der Waals surface area contributed by atoms with Crippen LogP contribution in [0.5, 0.6) is 0 Å². The molecule has 1 N–H and O–H groups in total. The van der Waals surface area contributed by atoms with Gasteiger partial charge in [0.15, 0.2) is 5.76 Å². The summed E-state index contributed by atoms with van der Waals surface area (Å²) in [5.74, 6) is -0.367. The molecule has 2 amide bonds. The topological polar surface area (TPSA) is 62.6 Å². The van der Waals surface area contributed by atoms with Crippen LogP contribution in [0.3, 0.4) is 0 Å². The highest BCUT2D eigenvalue weighted by Crippen LogP contribution is 2.19. The zero-order valence-corrected chi connectivity index (χ0v) is 17.3. The lowest BCUT2D eigenvalue weighted by Crippen LogP contribution is -2.48. The van der Waals surface area contributed by atoms with Crippen molar-refractivity contribution in [3.63, 3.8) is 0 Å². The van der Waals surface area contributed by atoms with E-state index in [4.69, 9.17) is 4.42 Å². The Labute approximate surface area is 181 Å². The number of para-hydroxylation sites is 1. The molecule has 31 heavy (non-hydrogen) atoms. The first-order valence-corrected chi connectivity index (χ1v) is 10.2. The molecule has 3 aromatic carbocycles. The minimum atomic E-state index is -0.711. The van der Waals surface area contributed by atoms with Crippen LogP contribution < -0.4 is 5.32 Å². The number of likely N-dealkylation sites (N-methyl/N-ethyl adjacent to an activating group) is 1. The maximum atomic E-state index is 13.3. The predicted octanol–water partition coefficient (Wildman–Crippen LogP) is 4.43. The van der Waals surface area contributed by atoms with E-state index < -0.39 is 11.9 Å². The molecular formula is C26H24N2O3. The van der Waals surface area contributed by atoms with Crippen molar-refractivity contribution in [1.82, 2.24) is 10.2 Å². The van der Waals surface area contributed by atoms with E-state index in [1.54, 1.807) is 18.0 Å². The van der Waals surface area contributed by atoms with Gasteiger partial charge in [0, 0.05) is 25.4 Å². The lowest BCUT2D eigenvalue weighted by atomic mass is 10.0. The van der Waals surface area contributed by atoms with Crippen LogP contribution in [0.2, 0.25) is 0 Å². The number of fused-ring (bicyclic) bond motifs is 1. The lowest BCUT2D eigenvalue weighted by Gasteiger charge is -2.24. The summed E-state index contributed by atoms with van der Waals surface area (Å²) >= 11 is 0. The number of hydrogen-bond acceptors (Lipinski definition) is 3. The highest BCUT2D eigenvalue weighted by atomic mass is 16.3. The van der Waals surface area contributed by atoms with Gasteiger partial charge in [0.2, 0.25) is 5.91 Å². The smallest absolute Gasteiger partial charge is 0.287 e. The zero-order valence-electron chi connectivity index (χ0n) is 17.3. The van der Waals surface area contributed by atoms with E-state index in [1.165, 1.54) is 0 Å². The monoisotopic (exact) mass is 412 g/mol. The van der Waals surface area contributed by atoms with Crippen LogP contribution in [0.25, 0.3) is 11.0 Å². The van der Waals surface area contributed by atoms with Gasteiger partial charge in [0.1, 0.15) is 11.6 Å². The summed E-state index contributed by atoms with van der Waals surface area (Å²) in [5, 5.41) is 3.73. The van der Waals surface area contributed by atoms with E-state index in [0.29, 0.717) is 18.5 Å². The van der Waals surface area contributed by atoms with Crippen molar-refractivity contribution < 1.29 is 14.0 Å². The van der Waals surface area contributed by atoms with Gasteiger partial charge in [0.25, 0.3) is 5.91 Å². The largest absolute Gasteiger partial charge is 0.451 e. The fourth-order valence-electron chi connectivity index (χ4n) is 3.57. The highest BCUT2D eigenvalue weighted by Gasteiger charge is 2.26. The molecule has 4 aromatic rings. The minimum Gasteiger partial charge on any atom is -0.451 e. The first kappa shape index (κ1) is 20.4. The van der Waals surface area contributed by atoms with Gasteiger partial charge in [-0.2, -0.15) is 0 Å². The van der Waals surface area contributed by atoms with Crippen LogP contribution in [-0.2, 0) is 17.8 Å². The molecule has 0 aliphatic rings. The van der Waals surface area contributed by atoms with Crippen molar-refractivity contribution in [1.29, 1.82) is 0 Å². The quantitative estimate of drug-likeness (QED) is 0.488. The Kier molecular flexibility index (Phi) is 6.13. The van der Waals surface area contributed by atoms with Gasteiger partial charge < -0.3 is 14.6 Å². The number of carbonyl (C=O) groups excluding carboxylic acids is 2. The summed E-state index contributed by atoms with van der Waals surface area (Å²) in [6.07, 6.45) is 0.394. The predicted molar refractivity (Wildman–Crippen MR) is 121 cm³/mol. The molecule has 0 saturated heterocycles. The van der Waals surface area contributed by atoms with Crippen molar-refractivity contribution in [3.8, 4) is 0 Å². The third-order valence-corrected chi connectivity index (χ3v) is 5.17. The Morgan fingerprint density at radius 3 is 2.16 bits per heavy atom. The van der Waals surface area contributed by atoms with Crippen molar-refractivity contribution in [3.05, 3.63) is 108 Å². The molecule has 156 valence electrons. The molecule has 4 rings (SSSR count). The molecule has 0 saturated carbocycles. The average Bonchev–Trinajstić information content (AvgIpc) is 3.24. The standard InChI is InChI=1S/C26H24N2O3/c1-28(18-20-12-6-3-7-13-20)26(30)22(16-19-10-4-2-5-11-19)27-25(29)24-17-21-14-8-9-15-23(21)31-24/h2-15,17,22H,16,18H2,1H3,(H,27,29)/t22-/m0/s1. The van der Waals surface area contributed by atoms with Crippen molar-refractivity contribution >= 4 is 22.8 Å². The molecule has 1 aromatic heterocycles. The fourth-order valence-corrected chi connectivity index (χ4v) is 3.57. The molecule has 0 radical (unpaired) electrons. The molecule has 0 aliphatic heterocycles. The van der Waals surface area contributed by atoms with Crippen LogP contribution in [0.1, 0.15) is 21.7 Å². The summed E-state index contributed by atoms with van der Waals surface area (Å²) in [6, 6.07) is 27.9. The van der Waals surface area contributed by atoms with Gasteiger partial charge in [-0.15, -0.1) is 0 Å². The number of furan rings is 1. The normalized spacial score (nSPS) is 11.8. The third-order valence-electron chi connectivity index (χ3n) is 5.17.